The van der Waals surface area contributed by atoms with Crippen molar-refractivity contribution in [3.63, 3.8) is 0 Å². The van der Waals surface area contributed by atoms with Crippen LogP contribution in [0, 0.1) is 13.8 Å². The molecule has 3 heterocycles. The Morgan fingerprint density at radius 3 is 2.58 bits per heavy atom. The fourth-order valence-corrected chi connectivity index (χ4v) is 4.30. The maximum atomic E-state index is 6.06. The van der Waals surface area contributed by atoms with Crippen LogP contribution in [0.3, 0.4) is 0 Å². The van der Waals surface area contributed by atoms with Crippen LogP contribution in [-0.2, 0) is 5.54 Å². The molecule has 3 aromatic rings. The van der Waals surface area contributed by atoms with Crippen LogP contribution in [0.4, 0.5) is 0 Å². The second-order valence-electron chi connectivity index (χ2n) is 6.29. The lowest BCUT2D eigenvalue weighted by molar-refractivity contribution is 0.661. The van der Waals surface area contributed by atoms with Gasteiger partial charge in [0.25, 0.3) is 0 Å². The van der Waals surface area contributed by atoms with Crippen LogP contribution < -0.4 is 0 Å². The fraction of sp³-hybridized carbons (Fsp3) is 0.294. The van der Waals surface area contributed by atoms with E-state index in [2.05, 4.69) is 14.8 Å². The van der Waals surface area contributed by atoms with Gasteiger partial charge in [0.2, 0.25) is 0 Å². The normalized spacial score (nSPS) is 17.2. The van der Waals surface area contributed by atoms with Crippen LogP contribution in [0.5, 0.6) is 0 Å². The molecule has 0 N–H and O–H groups in total. The molecule has 7 heteroatoms. The summed E-state index contributed by atoms with van der Waals surface area (Å²) in [6, 6.07) is 7.81. The Morgan fingerprint density at radius 1 is 1.12 bits per heavy atom. The minimum absolute atomic E-state index is 0.259. The summed E-state index contributed by atoms with van der Waals surface area (Å²) < 4.78 is 2.14. The number of rotatable bonds is 1. The molecule has 1 spiro atoms. The molecule has 1 aliphatic carbocycles. The lowest BCUT2D eigenvalue weighted by atomic mass is 10.1. The Labute approximate surface area is 148 Å². The van der Waals surface area contributed by atoms with Crippen molar-refractivity contribution in [1.29, 1.82) is 0 Å². The third kappa shape index (κ3) is 1.93. The standard InChI is InChI=1S/C17H14ClN5S/c1-9-21-22-16-17(7-8-17)20-13(11-3-5-12(18)6-4-11)14-15(23(9)16)24-10(2)19-14/h3-6H,7-8H2,1-2H3. The van der Waals surface area contributed by atoms with E-state index in [1.807, 2.05) is 38.1 Å². The molecule has 24 heavy (non-hydrogen) atoms. The monoisotopic (exact) mass is 355 g/mol. The number of aromatic nitrogens is 4. The van der Waals surface area contributed by atoms with Gasteiger partial charge < -0.3 is 0 Å². The van der Waals surface area contributed by atoms with Crippen molar-refractivity contribution in [2.45, 2.75) is 32.2 Å². The van der Waals surface area contributed by atoms with Crippen LogP contribution in [0.15, 0.2) is 29.3 Å². The molecule has 1 fully saturated rings. The first kappa shape index (κ1) is 14.3. The molecule has 1 saturated carbocycles. The van der Waals surface area contributed by atoms with Crippen molar-refractivity contribution in [1.82, 2.24) is 19.7 Å². The van der Waals surface area contributed by atoms with Crippen LogP contribution in [0.1, 0.15) is 40.8 Å². The number of halogens is 1. The SMILES string of the molecule is Cc1nc2c(s1)-n1c(C)nnc1C1(CC1)N=C2c1ccc(Cl)cc1. The van der Waals surface area contributed by atoms with E-state index in [0.717, 1.165) is 56.5 Å². The lowest BCUT2D eigenvalue weighted by Crippen LogP contribution is -2.11. The summed E-state index contributed by atoms with van der Waals surface area (Å²) in [6.45, 7) is 4.00. The summed E-state index contributed by atoms with van der Waals surface area (Å²) in [5, 5.41) is 11.5. The van der Waals surface area contributed by atoms with E-state index in [0.29, 0.717) is 0 Å². The predicted octanol–water partition coefficient (Wildman–Crippen LogP) is 3.83. The molecule has 5 rings (SSSR count). The Morgan fingerprint density at radius 2 is 1.88 bits per heavy atom. The maximum absolute atomic E-state index is 6.06. The summed E-state index contributed by atoms with van der Waals surface area (Å²) in [5.74, 6) is 1.82. The lowest BCUT2D eigenvalue weighted by Gasteiger charge is -2.09. The second-order valence-corrected chi connectivity index (χ2v) is 7.91. The van der Waals surface area contributed by atoms with Gasteiger partial charge in [-0.25, -0.2) is 4.98 Å². The number of benzene rings is 1. The summed E-state index contributed by atoms with van der Waals surface area (Å²) in [4.78, 5) is 9.91. The van der Waals surface area contributed by atoms with Crippen molar-refractivity contribution in [2.24, 2.45) is 4.99 Å². The van der Waals surface area contributed by atoms with Crippen LogP contribution >= 0.6 is 22.9 Å². The summed E-state index contributed by atoms with van der Waals surface area (Å²) in [6.07, 6.45) is 1.99. The van der Waals surface area contributed by atoms with Gasteiger partial charge in [-0.3, -0.25) is 9.56 Å². The molecule has 0 saturated heterocycles. The first-order valence-electron chi connectivity index (χ1n) is 7.84. The first-order chi connectivity index (χ1) is 11.6. The van der Waals surface area contributed by atoms with E-state index in [-0.39, 0.29) is 5.54 Å². The van der Waals surface area contributed by atoms with Gasteiger partial charge >= 0.3 is 0 Å². The van der Waals surface area contributed by atoms with E-state index in [1.54, 1.807) is 11.3 Å². The summed E-state index contributed by atoms with van der Waals surface area (Å²) >= 11 is 7.72. The highest BCUT2D eigenvalue weighted by atomic mass is 35.5. The Kier molecular flexibility index (Phi) is 2.82. The molecule has 2 aliphatic rings. The highest BCUT2D eigenvalue weighted by Crippen LogP contribution is 2.52. The number of aryl methyl sites for hydroxylation is 2. The van der Waals surface area contributed by atoms with Gasteiger partial charge in [-0.1, -0.05) is 23.7 Å². The number of thiazole rings is 1. The number of fused-ring (bicyclic) bond motifs is 4. The van der Waals surface area contributed by atoms with Crippen LogP contribution in [-0.4, -0.2) is 25.5 Å². The molecule has 0 bridgehead atoms. The molecule has 1 aliphatic heterocycles. The van der Waals surface area contributed by atoms with Gasteiger partial charge in [-0.15, -0.1) is 21.5 Å². The summed E-state index contributed by atoms with van der Waals surface area (Å²) in [5.41, 5.74) is 2.61. The van der Waals surface area contributed by atoms with Crippen molar-refractivity contribution >= 4 is 28.6 Å². The van der Waals surface area contributed by atoms with Gasteiger partial charge in [0.1, 0.15) is 22.1 Å². The van der Waals surface area contributed by atoms with E-state index < -0.39 is 0 Å². The van der Waals surface area contributed by atoms with Crippen molar-refractivity contribution in [3.05, 3.63) is 57.2 Å². The van der Waals surface area contributed by atoms with Gasteiger partial charge in [0, 0.05) is 10.6 Å². The number of aliphatic imine (C=N–C) groups is 1. The Balaban J connectivity index is 1.82. The fourth-order valence-electron chi connectivity index (χ4n) is 3.21. The maximum Gasteiger partial charge on any atom is 0.166 e. The van der Waals surface area contributed by atoms with Gasteiger partial charge in [-0.05, 0) is 38.8 Å². The molecule has 0 atom stereocenters. The van der Waals surface area contributed by atoms with E-state index >= 15 is 0 Å². The predicted molar refractivity (Wildman–Crippen MR) is 94.5 cm³/mol. The molecule has 1 aromatic carbocycles. The zero-order valence-electron chi connectivity index (χ0n) is 13.2. The zero-order chi connectivity index (χ0) is 16.5. The van der Waals surface area contributed by atoms with Gasteiger partial charge in [-0.2, -0.15) is 0 Å². The smallest absolute Gasteiger partial charge is 0.166 e. The van der Waals surface area contributed by atoms with Crippen LogP contribution in [0.25, 0.3) is 5.00 Å². The van der Waals surface area contributed by atoms with Gasteiger partial charge in [0.05, 0.1) is 10.7 Å². The minimum Gasteiger partial charge on any atom is -0.270 e. The molecule has 2 aromatic heterocycles. The molecular formula is C17H14ClN5S. The van der Waals surface area contributed by atoms with Crippen molar-refractivity contribution < 1.29 is 0 Å². The topological polar surface area (TPSA) is 56.0 Å². The van der Waals surface area contributed by atoms with Crippen molar-refractivity contribution in [2.75, 3.05) is 0 Å². The van der Waals surface area contributed by atoms with Crippen LogP contribution in [0.2, 0.25) is 5.02 Å². The third-order valence-electron chi connectivity index (χ3n) is 4.55. The largest absolute Gasteiger partial charge is 0.270 e. The number of hydrogen-bond acceptors (Lipinski definition) is 5. The minimum atomic E-state index is -0.259. The Bertz CT molecular complexity index is 995. The molecule has 120 valence electrons. The molecule has 0 unspecified atom stereocenters. The molecule has 5 nitrogen and oxygen atoms in total. The highest BCUT2D eigenvalue weighted by molar-refractivity contribution is 7.14. The first-order valence-corrected chi connectivity index (χ1v) is 9.03. The molecule has 0 radical (unpaired) electrons. The molecular weight excluding hydrogens is 342 g/mol. The van der Waals surface area contributed by atoms with Crippen molar-refractivity contribution in [3.8, 4) is 5.00 Å². The summed E-state index contributed by atoms with van der Waals surface area (Å²) in [7, 11) is 0. The quantitative estimate of drug-likeness (QED) is 0.666. The molecule has 0 amide bonds. The van der Waals surface area contributed by atoms with E-state index in [1.165, 1.54) is 0 Å². The van der Waals surface area contributed by atoms with E-state index in [4.69, 9.17) is 21.6 Å². The van der Waals surface area contributed by atoms with E-state index in [9.17, 15) is 0 Å². The zero-order valence-corrected chi connectivity index (χ0v) is 14.8. The average molecular weight is 356 g/mol. The second kappa shape index (κ2) is 4.74. The number of nitrogens with zero attached hydrogens (tertiary/aromatic N) is 5. The Hall–Kier alpha value is -2.05. The number of hydrogen-bond donors (Lipinski definition) is 0. The third-order valence-corrected chi connectivity index (χ3v) is 5.76. The average Bonchev–Trinajstić information content (AvgIpc) is 3.12. The van der Waals surface area contributed by atoms with Gasteiger partial charge in [0.15, 0.2) is 5.82 Å². The highest BCUT2D eigenvalue weighted by Gasteiger charge is 2.51.